The van der Waals surface area contributed by atoms with Crippen LogP contribution in [-0.2, 0) is 21.4 Å². The monoisotopic (exact) mass is 439 g/mol. The van der Waals surface area contributed by atoms with Crippen molar-refractivity contribution in [3.8, 4) is 0 Å². The molecule has 160 valence electrons. The van der Waals surface area contributed by atoms with Crippen LogP contribution in [0, 0.1) is 6.92 Å². The SMILES string of the molecule is Cc1c(NC(=O)CC(C)N=C2NS(=O)(=O)c3ccccc32)nnn1Cc1ccncc1. The topological polar surface area (TPSA) is 131 Å². The third kappa shape index (κ3) is 4.45. The summed E-state index contributed by atoms with van der Waals surface area (Å²) in [7, 11) is -3.61. The minimum Gasteiger partial charge on any atom is -0.308 e. The first-order valence-electron chi connectivity index (χ1n) is 9.62. The summed E-state index contributed by atoms with van der Waals surface area (Å²) >= 11 is 0. The second kappa shape index (κ2) is 8.26. The Morgan fingerprint density at radius 2 is 1.97 bits per heavy atom. The number of carbonyl (C=O) groups is 1. The molecule has 0 fully saturated rings. The van der Waals surface area contributed by atoms with Gasteiger partial charge in [0.1, 0.15) is 5.84 Å². The molecule has 1 unspecified atom stereocenters. The van der Waals surface area contributed by atoms with Gasteiger partial charge in [0.2, 0.25) is 5.91 Å². The van der Waals surface area contributed by atoms with Crippen molar-refractivity contribution in [2.45, 2.75) is 37.8 Å². The molecule has 2 aromatic heterocycles. The van der Waals surface area contributed by atoms with Crippen LogP contribution in [0.25, 0.3) is 0 Å². The first-order valence-corrected chi connectivity index (χ1v) is 11.1. The van der Waals surface area contributed by atoms with E-state index in [-0.39, 0.29) is 23.1 Å². The van der Waals surface area contributed by atoms with Crippen LogP contribution >= 0.6 is 0 Å². The van der Waals surface area contributed by atoms with Gasteiger partial charge in [-0.15, -0.1) is 5.10 Å². The molecule has 0 radical (unpaired) electrons. The Kier molecular flexibility index (Phi) is 5.51. The van der Waals surface area contributed by atoms with Gasteiger partial charge in [-0.3, -0.25) is 19.5 Å². The number of nitrogens with zero attached hydrogens (tertiary/aromatic N) is 5. The van der Waals surface area contributed by atoms with E-state index in [1.54, 1.807) is 42.2 Å². The Morgan fingerprint density at radius 3 is 2.74 bits per heavy atom. The Labute approximate surface area is 179 Å². The highest BCUT2D eigenvalue weighted by Crippen LogP contribution is 2.23. The number of carbonyl (C=O) groups excluding carboxylic acids is 1. The molecule has 4 rings (SSSR count). The smallest absolute Gasteiger partial charge is 0.263 e. The van der Waals surface area contributed by atoms with E-state index in [1.807, 2.05) is 19.1 Å². The van der Waals surface area contributed by atoms with Gasteiger partial charge in [0.25, 0.3) is 10.0 Å². The maximum absolute atomic E-state index is 12.5. The number of pyridine rings is 1. The fourth-order valence-corrected chi connectivity index (χ4v) is 4.47. The van der Waals surface area contributed by atoms with Crippen molar-refractivity contribution >= 4 is 27.6 Å². The van der Waals surface area contributed by atoms with E-state index < -0.39 is 16.1 Å². The molecule has 2 N–H and O–H groups in total. The predicted octanol–water partition coefficient (Wildman–Crippen LogP) is 1.49. The van der Waals surface area contributed by atoms with E-state index in [0.29, 0.717) is 17.9 Å². The summed E-state index contributed by atoms with van der Waals surface area (Å²) in [5, 5.41) is 10.9. The molecule has 31 heavy (non-hydrogen) atoms. The van der Waals surface area contributed by atoms with Gasteiger partial charge in [-0.05, 0) is 43.7 Å². The number of aromatic nitrogens is 4. The van der Waals surface area contributed by atoms with Crippen molar-refractivity contribution in [3.05, 3.63) is 65.6 Å². The van der Waals surface area contributed by atoms with E-state index in [1.165, 1.54) is 6.07 Å². The van der Waals surface area contributed by atoms with Crippen LogP contribution in [0.15, 0.2) is 58.7 Å². The quantitative estimate of drug-likeness (QED) is 0.598. The third-order valence-corrected chi connectivity index (χ3v) is 6.21. The molecule has 1 atom stereocenters. The molecule has 11 heteroatoms. The van der Waals surface area contributed by atoms with Gasteiger partial charge in [-0.2, -0.15) is 0 Å². The van der Waals surface area contributed by atoms with Crippen LogP contribution in [0.3, 0.4) is 0 Å². The average molecular weight is 440 g/mol. The van der Waals surface area contributed by atoms with Crippen molar-refractivity contribution in [2.75, 3.05) is 5.32 Å². The Hall–Kier alpha value is -3.60. The van der Waals surface area contributed by atoms with Crippen LogP contribution < -0.4 is 10.0 Å². The van der Waals surface area contributed by atoms with Gasteiger partial charge in [0.15, 0.2) is 5.82 Å². The lowest BCUT2D eigenvalue weighted by Gasteiger charge is -2.09. The van der Waals surface area contributed by atoms with E-state index >= 15 is 0 Å². The molecule has 3 aromatic rings. The zero-order valence-corrected chi connectivity index (χ0v) is 17.8. The number of rotatable bonds is 6. The van der Waals surface area contributed by atoms with Crippen molar-refractivity contribution < 1.29 is 13.2 Å². The summed E-state index contributed by atoms with van der Waals surface area (Å²) in [6.45, 7) is 4.08. The van der Waals surface area contributed by atoms with Gasteiger partial charge in [0, 0.05) is 24.4 Å². The summed E-state index contributed by atoms with van der Waals surface area (Å²) in [5.41, 5.74) is 2.25. The van der Waals surface area contributed by atoms with Crippen LogP contribution in [-0.4, -0.2) is 46.2 Å². The van der Waals surface area contributed by atoms with E-state index in [4.69, 9.17) is 0 Å². The number of anilines is 1. The maximum Gasteiger partial charge on any atom is 0.263 e. The number of hydrogen-bond acceptors (Lipinski definition) is 7. The molecule has 3 heterocycles. The number of hydrogen-bond donors (Lipinski definition) is 2. The minimum atomic E-state index is -3.61. The lowest BCUT2D eigenvalue weighted by Crippen LogP contribution is -2.25. The number of sulfonamides is 1. The molecule has 1 aliphatic heterocycles. The van der Waals surface area contributed by atoms with E-state index in [9.17, 15) is 13.2 Å². The highest BCUT2D eigenvalue weighted by Gasteiger charge is 2.30. The van der Waals surface area contributed by atoms with Gasteiger partial charge >= 0.3 is 0 Å². The Balaban J connectivity index is 1.41. The second-order valence-corrected chi connectivity index (χ2v) is 8.87. The van der Waals surface area contributed by atoms with E-state index in [0.717, 1.165) is 11.3 Å². The number of aliphatic imine (C=N–C) groups is 1. The van der Waals surface area contributed by atoms with Crippen molar-refractivity contribution in [3.63, 3.8) is 0 Å². The van der Waals surface area contributed by atoms with Crippen molar-refractivity contribution in [1.82, 2.24) is 24.7 Å². The standard InChI is InChI=1S/C20H21N7O3S/c1-13(22-20-16-5-3-4-6-17(16)31(29,30)25-20)11-18(28)23-19-14(2)27(26-24-19)12-15-7-9-21-10-8-15/h3-10,13H,11-12H2,1-2H3,(H,22,25)(H,23,28). The maximum atomic E-state index is 12.5. The fourth-order valence-electron chi connectivity index (χ4n) is 3.23. The Bertz CT molecular complexity index is 1250. The van der Waals surface area contributed by atoms with Crippen molar-refractivity contribution in [1.29, 1.82) is 0 Å². The molecule has 0 saturated heterocycles. The minimum absolute atomic E-state index is 0.0596. The zero-order valence-electron chi connectivity index (χ0n) is 17.0. The third-order valence-electron chi connectivity index (χ3n) is 4.82. The highest BCUT2D eigenvalue weighted by molar-refractivity contribution is 7.90. The van der Waals surface area contributed by atoms with Gasteiger partial charge in [0.05, 0.1) is 23.2 Å². The first-order chi connectivity index (χ1) is 14.8. The van der Waals surface area contributed by atoms with Gasteiger partial charge in [-0.1, -0.05) is 17.3 Å². The molecule has 1 aromatic carbocycles. The van der Waals surface area contributed by atoms with Crippen molar-refractivity contribution in [2.24, 2.45) is 4.99 Å². The number of fused-ring (bicyclic) bond motifs is 1. The molecule has 10 nitrogen and oxygen atoms in total. The van der Waals surface area contributed by atoms with Gasteiger partial charge in [-0.25, -0.2) is 13.1 Å². The molecule has 0 aliphatic carbocycles. The van der Waals surface area contributed by atoms with E-state index in [2.05, 4.69) is 30.3 Å². The first kappa shape index (κ1) is 20.7. The number of benzene rings is 1. The second-order valence-electron chi connectivity index (χ2n) is 7.22. The molecule has 0 bridgehead atoms. The van der Waals surface area contributed by atoms with Crippen LogP contribution in [0.2, 0.25) is 0 Å². The largest absolute Gasteiger partial charge is 0.308 e. The summed E-state index contributed by atoms with van der Waals surface area (Å²) in [5.74, 6) is 0.339. The molecule has 0 saturated carbocycles. The number of amidine groups is 1. The number of amides is 1. The molecule has 1 aliphatic rings. The fraction of sp³-hybridized carbons (Fsp3) is 0.250. The molecule has 0 spiro atoms. The molecule has 1 amide bonds. The average Bonchev–Trinajstić information content (AvgIpc) is 3.20. The lowest BCUT2D eigenvalue weighted by atomic mass is 10.2. The summed E-state index contributed by atoms with van der Waals surface area (Å²) in [6.07, 6.45) is 3.47. The predicted molar refractivity (Wildman–Crippen MR) is 114 cm³/mol. The van der Waals surface area contributed by atoms with Crippen LogP contribution in [0.4, 0.5) is 5.82 Å². The summed E-state index contributed by atoms with van der Waals surface area (Å²) < 4.78 is 28.5. The number of nitrogens with one attached hydrogen (secondary N) is 2. The normalized spacial score (nSPS) is 16.5. The summed E-state index contributed by atoms with van der Waals surface area (Å²) in [6, 6.07) is 9.93. The van der Waals surface area contributed by atoms with Crippen LogP contribution in [0.1, 0.15) is 30.2 Å². The zero-order chi connectivity index (χ0) is 22.0. The summed E-state index contributed by atoms with van der Waals surface area (Å²) in [4.78, 5) is 21.1. The highest BCUT2D eigenvalue weighted by atomic mass is 32.2. The lowest BCUT2D eigenvalue weighted by molar-refractivity contribution is -0.116. The molecular weight excluding hydrogens is 418 g/mol. The van der Waals surface area contributed by atoms with Gasteiger partial charge < -0.3 is 5.32 Å². The Morgan fingerprint density at radius 1 is 1.23 bits per heavy atom. The van der Waals surface area contributed by atoms with Crippen LogP contribution in [0.5, 0.6) is 0 Å². The molecular formula is C20H21N7O3S.